The first-order chi connectivity index (χ1) is 9.83. The molecule has 1 N–H and O–H groups in total. The number of halogens is 3. The Morgan fingerprint density at radius 2 is 2.05 bits per heavy atom. The molecule has 0 aliphatic carbocycles. The van der Waals surface area contributed by atoms with E-state index in [1.54, 1.807) is 0 Å². The maximum atomic E-state index is 12.0. The quantitative estimate of drug-likeness (QED) is 0.920. The third-order valence-electron chi connectivity index (χ3n) is 2.99. The molecule has 0 spiro atoms. The van der Waals surface area contributed by atoms with Crippen molar-refractivity contribution in [1.82, 2.24) is 4.90 Å². The Labute approximate surface area is 118 Å². The lowest BCUT2D eigenvalue weighted by molar-refractivity contribution is -0.274. The Morgan fingerprint density at radius 3 is 2.62 bits per heavy atom. The van der Waals surface area contributed by atoms with Crippen LogP contribution in [0, 0.1) is 0 Å². The molecule has 1 aromatic carbocycles. The largest absolute Gasteiger partial charge is 0.573 e. The topological polar surface area (TPSA) is 59.0 Å². The van der Waals surface area contributed by atoms with Crippen molar-refractivity contribution in [3.8, 4) is 5.75 Å². The van der Waals surface area contributed by atoms with E-state index < -0.39 is 18.4 Å². The summed E-state index contributed by atoms with van der Waals surface area (Å²) in [4.78, 5) is 12.7. The second kappa shape index (κ2) is 6.31. The highest BCUT2D eigenvalue weighted by Crippen LogP contribution is 2.23. The second-order valence-electron chi connectivity index (χ2n) is 4.62. The van der Waals surface area contributed by atoms with E-state index in [0.29, 0.717) is 19.7 Å². The van der Waals surface area contributed by atoms with Gasteiger partial charge in [-0.1, -0.05) is 12.1 Å². The minimum atomic E-state index is -4.71. The predicted molar refractivity (Wildman–Crippen MR) is 65.8 cm³/mol. The highest BCUT2D eigenvalue weighted by molar-refractivity contribution is 5.72. The molecule has 0 amide bonds. The molecule has 0 aromatic heterocycles. The van der Waals surface area contributed by atoms with Crippen LogP contribution in [0.3, 0.4) is 0 Å². The van der Waals surface area contributed by atoms with Crippen molar-refractivity contribution in [3.05, 3.63) is 29.8 Å². The molecule has 116 valence electrons. The molecule has 1 aromatic rings. The summed E-state index contributed by atoms with van der Waals surface area (Å²) < 4.78 is 45.0. The first-order valence-corrected chi connectivity index (χ1v) is 6.25. The number of hydrogen-bond donors (Lipinski definition) is 1. The number of carboxylic acid groups (broad SMARTS) is 1. The molecule has 1 aliphatic rings. The lowest BCUT2D eigenvalue weighted by atomic mass is 10.2. The minimum absolute atomic E-state index is 0.246. The molecule has 0 saturated carbocycles. The van der Waals surface area contributed by atoms with Gasteiger partial charge in [-0.15, -0.1) is 13.2 Å². The van der Waals surface area contributed by atoms with Crippen molar-refractivity contribution in [1.29, 1.82) is 0 Å². The zero-order chi connectivity index (χ0) is 15.5. The maximum absolute atomic E-state index is 12.0. The van der Waals surface area contributed by atoms with Gasteiger partial charge in [0.05, 0.1) is 6.61 Å². The van der Waals surface area contributed by atoms with Crippen LogP contribution in [0.1, 0.15) is 5.56 Å². The van der Waals surface area contributed by atoms with Gasteiger partial charge in [-0.25, -0.2) is 4.79 Å². The van der Waals surface area contributed by atoms with Crippen LogP contribution < -0.4 is 4.74 Å². The summed E-state index contributed by atoms with van der Waals surface area (Å²) in [5.41, 5.74) is 0.774. The van der Waals surface area contributed by atoms with Crippen LogP contribution in [0.2, 0.25) is 0 Å². The number of aliphatic carboxylic acids is 1. The van der Waals surface area contributed by atoms with Gasteiger partial charge in [0.2, 0.25) is 0 Å². The van der Waals surface area contributed by atoms with Gasteiger partial charge in [0.1, 0.15) is 5.75 Å². The molecule has 1 atom stereocenters. The summed E-state index contributed by atoms with van der Waals surface area (Å²) in [6, 6.07) is 5.51. The first-order valence-electron chi connectivity index (χ1n) is 6.25. The van der Waals surface area contributed by atoms with Crippen molar-refractivity contribution >= 4 is 5.97 Å². The Morgan fingerprint density at radius 1 is 1.38 bits per heavy atom. The summed E-state index contributed by atoms with van der Waals surface area (Å²) in [7, 11) is 0. The van der Waals surface area contributed by atoms with Crippen LogP contribution in [0.25, 0.3) is 0 Å². The molecule has 21 heavy (non-hydrogen) atoms. The van der Waals surface area contributed by atoms with E-state index in [4.69, 9.17) is 9.84 Å². The fourth-order valence-corrected chi connectivity index (χ4v) is 2.05. The summed E-state index contributed by atoms with van der Waals surface area (Å²) >= 11 is 0. The van der Waals surface area contributed by atoms with Crippen LogP contribution >= 0.6 is 0 Å². The van der Waals surface area contributed by atoms with Gasteiger partial charge < -0.3 is 14.6 Å². The molecule has 0 bridgehead atoms. The number of hydrogen-bond acceptors (Lipinski definition) is 4. The summed E-state index contributed by atoms with van der Waals surface area (Å²) in [5.74, 6) is -1.30. The first kappa shape index (κ1) is 15.6. The molecule has 1 fully saturated rings. The standard InChI is InChI=1S/C13H14F3NO4/c14-13(15,16)21-10-3-1-9(2-4-10)7-17-5-6-20-11(8-17)12(18)19/h1-4,11H,5-8H2,(H,18,19). The van der Waals surface area contributed by atoms with E-state index in [9.17, 15) is 18.0 Å². The monoisotopic (exact) mass is 305 g/mol. The molecule has 5 nitrogen and oxygen atoms in total. The zero-order valence-electron chi connectivity index (χ0n) is 11.0. The fourth-order valence-electron chi connectivity index (χ4n) is 2.05. The average Bonchev–Trinajstić information content (AvgIpc) is 2.40. The number of morpholine rings is 1. The Bertz CT molecular complexity index is 489. The van der Waals surface area contributed by atoms with Gasteiger partial charge in [0.15, 0.2) is 6.10 Å². The molecule has 8 heteroatoms. The molecule has 2 rings (SSSR count). The van der Waals surface area contributed by atoms with Gasteiger partial charge in [0.25, 0.3) is 0 Å². The average molecular weight is 305 g/mol. The Balaban J connectivity index is 1.92. The lowest BCUT2D eigenvalue weighted by Gasteiger charge is -2.30. The number of nitrogens with zero attached hydrogens (tertiary/aromatic N) is 1. The number of rotatable bonds is 4. The molecule has 0 radical (unpaired) electrons. The number of carbonyl (C=O) groups is 1. The summed E-state index contributed by atoms with van der Waals surface area (Å²) in [5, 5.41) is 8.89. The second-order valence-corrected chi connectivity index (χ2v) is 4.62. The van der Waals surface area contributed by atoms with E-state index in [0.717, 1.165) is 5.56 Å². The summed E-state index contributed by atoms with van der Waals surface area (Å²) in [6.45, 7) is 1.58. The van der Waals surface area contributed by atoms with E-state index in [1.807, 2.05) is 4.90 Å². The zero-order valence-corrected chi connectivity index (χ0v) is 11.0. The lowest BCUT2D eigenvalue weighted by Crippen LogP contribution is -2.45. The molecule has 1 unspecified atom stereocenters. The van der Waals surface area contributed by atoms with Gasteiger partial charge in [0, 0.05) is 19.6 Å². The van der Waals surface area contributed by atoms with Gasteiger partial charge in [-0.05, 0) is 17.7 Å². The molecule has 1 saturated heterocycles. The molecule has 1 aliphatic heterocycles. The molecular formula is C13H14F3NO4. The number of benzene rings is 1. The Kier molecular flexibility index (Phi) is 4.69. The SMILES string of the molecule is O=C(O)C1CN(Cc2ccc(OC(F)(F)F)cc2)CCO1. The van der Waals surface area contributed by atoms with E-state index in [-0.39, 0.29) is 12.3 Å². The third kappa shape index (κ3) is 4.91. The highest BCUT2D eigenvalue weighted by Gasteiger charge is 2.31. The minimum Gasteiger partial charge on any atom is -0.479 e. The van der Waals surface area contributed by atoms with Crippen LogP contribution in [0.5, 0.6) is 5.75 Å². The molecule has 1 heterocycles. The summed E-state index contributed by atoms with van der Waals surface area (Å²) in [6.07, 6.45) is -5.58. The molecular weight excluding hydrogens is 291 g/mol. The maximum Gasteiger partial charge on any atom is 0.573 e. The van der Waals surface area contributed by atoms with Crippen LogP contribution in [-0.2, 0) is 16.1 Å². The van der Waals surface area contributed by atoms with Gasteiger partial charge in [-0.3, -0.25) is 4.90 Å². The van der Waals surface area contributed by atoms with Gasteiger partial charge in [-0.2, -0.15) is 0 Å². The van der Waals surface area contributed by atoms with E-state index in [2.05, 4.69) is 4.74 Å². The van der Waals surface area contributed by atoms with Crippen molar-refractivity contribution in [2.24, 2.45) is 0 Å². The van der Waals surface area contributed by atoms with Crippen LogP contribution in [0.15, 0.2) is 24.3 Å². The predicted octanol–water partition coefficient (Wildman–Crippen LogP) is 1.87. The smallest absolute Gasteiger partial charge is 0.479 e. The van der Waals surface area contributed by atoms with E-state index >= 15 is 0 Å². The van der Waals surface area contributed by atoms with Crippen molar-refractivity contribution in [2.75, 3.05) is 19.7 Å². The van der Waals surface area contributed by atoms with Crippen molar-refractivity contribution < 1.29 is 32.5 Å². The Hall–Kier alpha value is -1.80. The van der Waals surface area contributed by atoms with Crippen LogP contribution in [0.4, 0.5) is 13.2 Å². The van der Waals surface area contributed by atoms with Gasteiger partial charge >= 0.3 is 12.3 Å². The van der Waals surface area contributed by atoms with Crippen molar-refractivity contribution in [2.45, 2.75) is 19.0 Å². The fraction of sp³-hybridized carbons (Fsp3) is 0.462. The third-order valence-corrected chi connectivity index (χ3v) is 2.99. The number of ether oxygens (including phenoxy) is 2. The number of alkyl halides is 3. The highest BCUT2D eigenvalue weighted by atomic mass is 19.4. The van der Waals surface area contributed by atoms with Crippen molar-refractivity contribution in [3.63, 3.8) is 0 Å². The van der Waals surface area contributed by atoms with Crippen LogP contribution in [-0.4, -0.2) is 48.1 Å². The number of carboxylic acids is 1. The van der Waals surface area contributed by atoms with E-state index in [1.165, 1.54) is 24.3 Å². The normalized spacial score (nSPS) is 20.2.